The SMILES string of the molecule is CSC1=Nc2oc(-c3ccccc3)c(-c3ccccc3)c2C2=NC(=O)CN12. The van der Waals surface area contributed by atoms with Crippen molar-refractivity contribution in [2.75, 3.05) is 12.8 Å². The van der Waals surface area contributed by atoms with Crippen LogP contribution < -0.4 is 0 Å². The van der Waals surface area contributed by atoms with Gasteiger partial charge in [0.05, 0.1) is 5.56 Å². The monoisotopic (exact) mass is 373 g/mol. The van der Waals surface area contributed by atoms with Crippen molar-refractivity contribution in [3.05, 3.63) is 66.2 Å². The predicted octanol–water partition coefficient (Wildman–Crippen LogP) is 4.57. The Balaban J connectivity index is 1.84. The molecule has 0 radical (unpaired) electrons. The van der Waals surface area contributed by atoms with Crippen LogP contribution in [-0.4, -0.2) is 34.6 Å². The molecular formula is C21H15N3O2S. The van der Waals surface area contributed by atoms with Gasteiger partial charge in [-0.2, -0.15) is 9.98 Å². The molecule has 3 heterocycles. The number of amides is 1. The lowest BCUT2D eigenvalue weighted by Gasteiger charge is -2.23. The molecule has 5 nitrogen and oxygen atoms in total. The predicted molar refractivity (Wildman–Crippen MR) is 108 cm³/mol. The molecule has 1 aromatic heterocycles. The number of fused-ring (bicyclic) bond motifs is 3. The maximum atomic E-state index is 12.1. The summed E-state index contributed by atoms with van der Waals surface area (Å²) in [6.07, 6.45) is 1.93. The number of hydrogen-bond donors (Lipinski definition) is 0. The van der Waals surface area contributed by atoms with Crippen molar-refractivity contribution in [2.24, 2.45) is 9.98 Å². The Kier molecular flexibility index (Phi) is 3.72. The van der Waals surface area contributed by atoms with E-state index in [2.05, 4.69) is 9.98 Å². The number of rotatable bonds is 2. The molecule has 0 spiro atoms. The highest BCUT2D eigenvalue weighted by atomic mass is 32.2. The number of hydrogen-bond acceptors (Lipinski definition) is 5. The van der Waals surface area contributed by atoms with Gasteiger partial charge in [-0.15, -0.1) is 0 Å². The van der Waals surface area contributed by atoms with Crippen molar-refractivity contribution in [1.29, 1.82) is 0 Å². The standard InChI is InChI=1S/C21H15N3O2S/c1-27-21-23-20-17(19-22-15(25)12-24(19)21)16(13-8-4-2-5-9-13)18(26-20)14-10-6-3-7-11-14/h2-11H,12H2,1H3. The van der Waals surface area contributed by atoms with Crippen LogP contribution in [0.25, 0.3) is 22.5 Å². The fourth-order valence-corrected chi connectivity index (χ4v) is 4.00. The Bertz CT molecular complexity index is 1100. The average molecular weight is 373 g/mol. The zero-order valence-electron chi connectivity index (χ0n) is 14.5. The summed E-state index contributed by atoms with van der Waals surface area (Å²) in [5.41, 5.74) is 3.66. The molecule has 0 saturated carbocycles. The van der Waals surface area contributed by atoms with E-state index in [9.17, 15) is 4.79 Å². The molecule has 0 fully saturated rings. The van der Waals surface area contributed by atoms with Gasteiger partial charge in [0.15, 0.2) is 11.0 Å². The van der Waals surface area contributed by atoms with Gasteiger partial charge in [-0.25, -0.2) is 0 Å². The molecule has 2 aromatic carbocycles. The molecule has 2 aliphatic heterocycles. The number of carbonyl (C=O) groups excluding carboxylic acids is 1. The molecule has 0 N–H and O–H groups in total. The van der Waals surface area contributed by atoms with Gasteiger partial charge < -0.3 is 4.42 Å². The lowest BCUT2D eigenvalue weighted by molar-refractivity contribution is -0.116. The van der Waals surface area contributed by atoms with Gasteiger partial charge in [-0.1, -0.05) is 72.4 Å². The Morgan fingerprint density at radius 3 is 2.26 bits per heavy atom. The summed E-state index contributed by atoms with van der Waals surface area (Å²) in [5.74, 6) is 1.70. The fraction of sp³-hybridized carbons (Fsp3) is 0.0952. The summed E-state index contributed by atoms with van der Waals surface area (Å²) in [5, 5.41) is 0.722. The van der Waals surface area contributed by atoms with Gasteiger partial charge in [0, 0.05) is 11.1 Å². The number of nitrogens with zero attached hydrogens (tertiary/aromatic N) is 3. The molecule has 0 unspecified atom stereocenters. The normalized spacial score (nSPS) is 15.3. The molecule has 3 aromatic rings. The molecule has 0 atom stereocenters. The lowest BCUT2D eigenvalue weighted by Crippen LogP contribution is -2.35. The third-order valence-electron chi connectivity index (χ3n) is 4.60. The number of carbonyl (C=O) groups is 1. The van der Waals surface area contributed by atoms with Crippen molar-refractivity contribution in [3.8, 4) is 22.5 Å². The minimum atomic E-state index is -0.166. The number of aliphatic imine (C=N–C) groups is 2. The maximum absolute atomic E-state index is 12.1. The minimum absolute atomic E-state index is 0.166. The molecule has 6 heteroatoms. The number of benzene rings is 2. The van der Waals surface area contributed by atoms with Crippen LogP contribution in [0.15, 0.2) is 75.1 Å². The van der Waals surface area contributed by atoms with Crippen molar-refractivity contribution in [1.82, 2.24) is 4.90 Å². The Morgan fingerprint density at radius 2 is 1.59 bits per heavy atom. The molecule has 132 valence electrons. The molecule has 27 heavy (non-hydrogen) atoms. The van der Waals surface area contributed by atoms with Gasteiger partial charge in [0.1, 0.15) is 12.3 Å². The lowest BCUT2D eigenvalue weighted by atomic mass is 9.97. The van der Waals surface area contributed by atoms with E-state index in [0.717, 1.165) is 33.2 Å². The Morgan fingerprint density at radius 1 is 0.926 bits per heavy atom. The number of amidine groups is 2. The second-order valence-electron chi connectivity index (χ2n) is 6.23. The van der Waals surface area contributed by atoms with Crippen molar-refractivity contribution < 1.29 is 9.21 Å². The van der Waals surface area contributed by atoms with Gasteiger partial charge in [-0.05, 0) is 11.8 Å². The van der Waals surface area contributed by atoms with E-state index in [4.69, 9.17) is 4.42 Å². The number of thioether (sulfide) groups is 1. The topological polar surface area (TPSA) is 58.2 Å². The van der Waals surface area contributed by atoms with Crippen LogP contribution in [0.1, 0.15) is 5.56 Å². The highest BCUT2D eigenvalue weighted by molar-refractivity contribution is 8.13. The van der Waals surface area contributed by atoms with Crippen LogP contribution in [-0.2, 0) is 4.79 Å². The summed E-state index contributed by atoms with van der Waals surface area (Å²) >= 11 is 1.48. The second-order valence-corrected chi connectivity index (χ2v) is 7.01. The van der Waals surface area contributed by atoms with E-state index in [-0.39, 0.29) is 12.5 Å². The van der Waals surface area contributed by atoms with E-state index in [1.165, 1.54) is 11.8 Å². The van der Waals surface area contributed by atoms with Crippen LogP contribution in [0.3, 0.4) is 0 Å². The largest absolute Gasteiger partial charge is 0.437 e. The summed E-state index contributed by atoms with van der Waals surface area (Å²) in [4.78, 5) is 22.9. The first kappa shape index (κ1) is 16.1. The molecule has 1 amide bonds. The maximum Gasteiger partial charge on any atom is 0.267 e. The van der Waals surface area contributed by atoms with Gasteiger partial charge in [0.25, 0.3) is 5.91 Å². The molecule has 0 aliphatic carbocycles. The first-order valence-electron chi connectivity index (χ1n) is 8.56. The van der Waals surface area contributed by atoms with Crippen LogP contribution in [0.2, 0.25) is 0 Å². The summed E-state index contributed by atoms with van der Waals surface area (Å²) in [6, 6.07) is 20.0. The zero-order chi connectivity index (χ0) is 18.4. The van der Waals surface area contributed by atoms with E-state index < -0.39 is 0 Å². The molecule has 2 aliphatic rings. The highest BCUT2D eigenvalue weighted by Gasteiger charge is 2.38. The van der Waals surface area contributed by atoms with Gasteiger partial charge in [-0.3, -0.25) is 9.69 Å². The Hall–Kier alpha value is -3.12. The van der Waals surface area contributed by atoms with Gasteiger partial charge >= 0.3 is 0 Å². The number of furan rings is 1. The second kappa shape index (κ2) is 6.25. The third kappa shape index (κ3) is 2.52. The van der Waals surface area contributed by atoms with E-state index in [1.807, 2.05) is 71.8 Å². The van der Waals surface area contributed by atoms with E-state index in [0.29, 0.717) is 11.7 Å². The molecule has 5 rings (SSSR count). The van der Waals surface area contributed by atoms with Crippen LogP contribution in [0.4, 0.5) is 5.88 Å². The van der Waals surface area contributed by atoms with Crippen molar-refractivity contribution >= 4 is 34.6 Å². The molecule has 0 saturated heterocycles. The summed E-state index contributed by atoms with van der Waals surface area (Å²) < 4.78 is 6.23. The van der Waals surface area contributed by atoms with Crippen LogP contribution >= 0.6 is 11.8 Å². The average Bonchev–Trinajstić information content (AvgIpc) is 3.28. The fourth-order valence-electron chi connectivity index (χ4n) is 3.45. The minimum Gasteiger partial charge on any atom is -0.437 e. The zero-order valence-corrected chi connectivity index (χ0v) is 15.4. The Labute approximate surface area is 160 Å². The first-order valence-corrected chi connectivity index (χ1v) is 9.78. The summed E-state index contributed by atoms with van der Waals surface area (Å²) in [6.45, 7) is 0.217. The smallest absolute Gasteiger partial charge is 0.267 e. The van der Waals surface area contributed by atoms with E-state index >= 15 is 0 Å². The summed E-state index contributed by atoms with van der Waals surface area (Å²) in [7, 11) is 0. The highest BCUT2D eigenvalue weighted by Crippen LogP contribution is 2.46. The van der Waals surface area contributed by atoms with Crippen molar-refractivity contribution in [3.63, 3.8) is 0 Å². The first-order chi connectivity index (χ1) is 13.3. The molecule has 0 bridgehead atoms. The third-order valence-corrected chi connectivity index (χ3v) is 5.28. The molecular weight excluding hydrogens is 358 g/mol. The van der Waals surface area contributed by atoms with Crippen LogP contribution in [0.5, 0.6) is 0 Å². The quantitative estimate of drug-likeness (QED) is 0.660. The van der Waals surface area contributed by atoms with Crippen molar-refractivity contribution in [2.45, 2.75) is 0 Å². The van der Waals surface area contributed by atoms with Crippen LogP contribution in [0, 0.1) is 0 Å². The van der Waals surface area contributed by atoms with E-state index in [1.54, 1.807) is 0 Å². The van der Waals surface area contributed by atoms with Gasteiger partial charge in [0.2, 0.25) is 5.88 Å².